The van der Waals surface area contributed by atoms with E-state index in [1.165, 1.54) is 10.7 Å². The van der Waals surface area contributed by atoms with Crippen LogP contribution in [0.15, 0.2) is 59.4 Å². The molecule has 0 aliphatic rings. The van der Waals surface area contributed by atoms with Crippen molar-refractivity contribution in [1.29, 1.82) is 0 Å². The molecule has 8 nitrogen and oxygen atoms in total. The van der Waals surface area contributed by atoms with Gasteiger partial charge in [-0.1, -0.05) is 0 Å². The molecule has 2 aromatic carbocycles. The van der Waals surface area contributed by atoms with E-state index in [2.05, 4.69) is 10.4 Å². The summed E-state index contributed by atoms with van der Waals surface area (Å²) in [5, 5.41) is 7.26. The third-order valence-electron chi connectivity index (χ3n) is 4.69. The molecule has 162 valence electrons. The minimum absolute atomic E-state index is 0.130. The third-order valence-corrected chi connectivity index (χ3v) is 4.69. The number of methoxy groups -OCH3 is 3. The number of rotatable bonds is 9. The predicted molar refractivity (Wildman–Crippen MR) is 118 cm³/mol. The fourth-order valence-corrected chi connectivity index (χ4v) is 3.05. The van der Waals surface area contributed by atoms with E-state index >= 15 is 0 Å². The molecule has 0 atom stereocenters. The summed E-state index contributed by atoms with van der Waals surface area (Å²) >= 11 is 0. The molecular weight excluding hydrogens is 398 g/mol. The van der Waals surface area contributed by atoms with E-state index in [9.17, 15) is 9.59 Å². The molecule has 1 N–H and O–H groups in total. The number of hydrogen-bond donors (Lipinski definition) is 1. The van der Waals surface area contributed by atoms with Crippen LogP contribution in [-0.4, -0.2) is 37.0 Å². The summed E-state index contributed by atoms with van der Waals surface area (Å²) < 4.78 is 17.1. The number of hydrogen-bond acceptors (Lipinski definition) is 6. The van der Waals surface area contributed by atoms with Gasteiger partial charge in [0.25, 0.3) is 5.56 Å². The molecule has 0 bridgehead atoms. The standard InChI is InChI=1S/C23H25N3O5/c1-29-18-9-7-17(8-10-18)24-22(27)5-4-14-26-23(28)13-11-19(25-26)16-6-12-20(30-2)21(15-16)31-3/h6-13,15H,4-5,14H2,1-3H3,(H,24,27). The van der Waals surface area contributed by atoms with E-state index in [1.54, 1.807) is 63.8 Å². The van der Waals surface area contributed by atoms with E-state index in [-0.39, 0.29) is 17.9 Å². The minimum Gasteiger partial charge on any atom is -0.497 e. The molecule has 0 unspecified atom stereocenters. The Morgan fingerprint density at radius 2 is 1.68 bits per heavy atom. The van der Waals surface area contributed by atoms with Crippen molar-refractivity contribution in [3.63, 3.8) is 0 Å². The van der Waals surface area contributed by atoms with Gasteiger partial charge in [-0.25, -0.2) is 4.68 Å². The normalized spacial score (nSPS) is 10.4. The molecule has 0 radical (unpaired) electrons. The average Bonchev–Trinajstić information content (AvgIpc) is 2.80. The number of nitrogens with one attached hydrogen (secondary N) is 1. The van der Waals surface area contributed by atoms with Crippen molar-refractivity contribution >= 4 is 11.6 Å². The van der Waals surface area contributed by atoms with Gasteiger partial charge in [-0.2, -0.15) is 5.10 Å². The van der Waals surface area contributed by atoms with Gasteiger partial charge in [0.1, 0.15) is 5.75 Å². The Hall–Kier alpha value is -3.81. The van der Waals surface area contributed by atoms with Gasteiger partial charge in [-0.3, -0.25) is 9.59 Å². The van der Waals surface area contributed by atoms with Gasteiger partial charge in [0.05, 0.1) is 27.0 Å². The second kappa shape index (κ2) is 10.3. The maximum absolute atomic E-state index is 12.2. The zero-order valence-corrected chi connectivity index (χ0v) is 17.8. The first-order valence-corrected chi connectivity index (χ1v) is 9.78. The Balaban J connectivity index is 1.63. The highest BCUT2D eigenvalue weighted by molar-refractivity contribution is 5.90. The van der Waals surface area contributed by atoms with Crippen LogP contribution in [0.3, 0.4) is 0 Å². The lowest BCUT2D eigenvalue weighted by Gasteiger charge is -2.11. The first-order valence-electron chi connectivity index (χ1n) is 9.78. The highest BCUT2D eigenvalue weighted by Crippen LogP contribution is 2.31. The van der Waals surface area contributed by atoms with Gasteiger partial charge in [0.2, 0.25) is 5.91 Å². The smallest absolute Gasteiger partial charge is 0.266 e. The van der Waals surface area contributed by atoms with Crippen LogP contribution in [0.5, 0.6) is 17.2 Å². The zero-order chi connectivity index (χ0) is 22.2. The first-order chi connectivity index (χ1) is 15.0. The zero-order valence-electron chi connectivity index (χ0n) is 17.8. The summed E-state index contributed by atoms with van der Waals surface area (Å²) in [5.41, 5.74) is 1.89. The number of aromatic nitrogens is 2. The molecule has 0 aliphatic heterocycles. The highest BCUT2D eigenvalue weighted by atomic mass is 16.5. The number of carbonyl (C=O) groups is 1. The van der Waals surface area contributed by atoms with Crippen molar-refractivity contribution in [2.24, 2.45) is 0 Å². The molecular formula is C23H25N3O5. The van der Waals surface area contributed by atoms with Crippen LogP contribution in [0, 0.1) is 0 Å². The van der Waals surface area contributed by atoms with Gasteiger partial charge in [-0.15, -0.1) is 0 Å². The Morgan fingerprint density at radius 3 is 2.35 bits per heavy atom. The Morgan fingerprint density at radius 1 is 0.935 bits per heavy atom. The minimum atomic E-state index is -0.222. The Labute approximate surface area is 180 Å². The molecule has 31 heavy (non-hydrogen) atoms. The van der Waals surface area contributed by atoms with E-state index in [4.69, 9.17) is 14.2 Å². The van der Waals surface area contributed by atoms with Crippen LogP contribution in [0.4, 0.5) is 5.69 Å². The molecule has 0 saturated carbocycles. The summed E-state index contributed by atoms with van der Waals surface area (Å²) in [5.74, 6) is 1.78. The lowest BCUT2D eigenvalue weighted by Crippen LogP contribution is -2.23. The van der Waals surface area contributed by atoms with Crippen LogP contribution in [0.2, 0.25) is 0 Å². The molecule has 1 heterocycles. The molecule has 0 fully saturated rings. The van der Waals surface area contributed by atoms with E-state index < -0.39 is 0 Å². The summed E-state index contributed by atoms with van der Waals surface area (Å²) in [7, 11) is 4.72. The summed E-state index contributed by atoms with van der Waals surface area (Å²) in [6.07, 6.45) is 0.741. The highest BCUT2D eigenvalue weighted by Gasteiger charge is 2.09. The molecule has 8 heteroatoms. The van der Waals surface area contributed by atoms with Gasteiger partial charge in [-0.05, 0) is 55.0 Å². The summed E-state index contributed by atoms with van der Waals surface area (Å²) in [6.45, 7) is 0.329. The second-order valence-electron chi connectivity index (χ2n) is 6.73. The Bertz CT molecular complexity index is 1090. The van der Waals surface area contributed by atoms with Crippen LogP contribution in [0.1, 0.15) is 12.8 Å². The molecule has 1 aromatic heterocycles. The fraction of sp³-hybridized carbons (Fsp3) is 0.261. The SMILES string of the molecule is COc1ccc(NC(=O)CCCn2nc(-c3ccc(OC)c(OC)c3)ccc2=O)cc1. The Kier molecular flexibility index (Phi) is 7.26. The molecule has 0 saturated heterocycles. The van der Waals surface area contributed by atoms with Crippen molar-refractivity contribution in [3.05, 3.63) is 65.0 Å². The number of ether oxygens (including phenoxy) is 3. The molecule has 3 aromatic rings. The molecule has 1 amide bonds. The topological polar surface area (TPSA) is 91.7 Å². The lowest BCUT2D eigenvalue weighted by molar-refractivity contribution is -0.116. The number of nitrogens with zero attached hydrogens (tertiary/aromatic N) is 2. The van der Waals surface area contributed by atoms with E-state index in [0.717, 1.165) is 11.3 Å². The quantitative estimate of drug-likeness (QED) is 0.568. The average molecular weight is 423 g/mol. The number of aryl methyl sites for hydroxylation is 1. The van der Waals surface area contributed by atoms with Gasteiger partial charge in [0, 0.05) is 30.3 Å². The molecule has 0 aliphatic carbocycles. The maximum atomic E-state index is 12.2. The van der Waals surface area contributed by atoms with Gasteiger partial charge < -0.3 is 19.5 Å². The lowest BCUT2D eigenvalue weighted by atomic mass is 10.1. The monoisotopic (exact) mass is 423 g/mol. The van der Waals surface area contributed by atoms with Crippen LogP contribution < -0.4 is 25.1 Å². The van der Waals surface area contributed by atoms with Gasteiger partial charge in [0.15, 0.2) is 11.5 Å². The van der Waals surface area contributed by atoms with Crippen LogP contribution >= 0.6 is 0 Å². The van der Waals surface area contributed by atoms with Crippen molar-refractivity contribution in [2.45, 2.75) is 19.4 Å². The van der Waals surface area contributed by atoms with Crippen molar-refractivity contribution < 1.29 is 19.0 Å². The van der Waals surface area contributed by atoms with Crippen molar-refractivity contribution in [3.8, 4) is 28.5 Å². The fourth-order valence-electron chi connectivity index (χ4n) is 3.05. The number of anilines is 1. The number of benzene rings is 2. The van der Waals surface area contributed by atoms with Crippen molar-refractivity contribution in [1.82, 2.24) is 9.78 Å². The maximum Gasteiger partial charge on any atom is 0.266 e. The number of carbonyl (C=O) groups excluding carboxylic acids is 1. The predicted octanol–water partition coefficient (Wildman–Crippen LogP) is 3.36. The number of amides is 1. The van der Waals surface area contributed by atoms with Crippen LogP contribution in [-0.2, 0) is 11.3 Å². The van der Waals surface area contributed by atoms with Crippen molar-refractivity contribution in [2.75, 3.05) is 26.6 Å². The molecule has 0 spiro atoms. The van der Waals surface area contributed by atoms with Crippen LogP contribution in [0.25, 0.3) is 11.3 Å². The third kappa shape index (κ3) is 5.63. The second-order valence-corrected chi connectivity index (χ2v) is 6.73. The van der Waals surface area contributed by atoms with Gasteiger partial charge >= 0.3 is 0 Å². The van der Waals surface area contributed by atoms with E-state index in [0.29, 0.717) is 35.8 Å². The largest absolute Gasteiger partial charge is 0.497 e. The molecule has 3 rings (SSSR count). The first kappa shape index (κ1) is 21.9. The summed E-state index contributed by atoms with van der Waals surface area (Å²) in [4.78, 5) is 24.4. The summed E-state index contributed by atoms with van der Waals surface area (Å²) in [6, 6.07) is 15.7. The van der Waals surface area contributed by atoms with E-state index in [1.807, 2.05) is 6.07 Å².